The fraction of sp³-hybridized carbons (Fsp3) is 0.429. The molecule has 1 N–H and O–H groups in total. The van der Waals surface area contributed by atoms with E-state index in [1.807, 2.05) is 0 Å². The zero-order chi connectivity index (χ0) is 13.2. The lowest BCUT2D eigenvalue weighted by atomic mass is 10.1. The molecule has 0 fully saturated rings. The molecule has 1 aromatic rings. The van der Waals surface area contributed by atoms with Gasteiger partial charge in [-0.1, -0.05) is 38.3 Å². The van der Waals surface area contributed by atoms with Crippen LogP contribution < -0.4 is 5.43 Å². The minimum atomic E-state index is -0.315. The standard InChI is InChI=1S/C14H19FN2O/c1-2-3-4-5-9-14(18)17-16-11-12-7-6-8-13(15)10-12/h6-8,10-11H,2-5,9H2,1H3,(H,17,18)/b16-11+. The van der Waals surface area contributed by atoms with E-state index < -0.39 is 0 Å². The molecule has 1 aromatic carbocycles. The molecule has 0 aliphatic carbocycles. The molecule has 1 rings (SSSR count). The van der Waals surface area contributed by atoms with Crippen molar-refractivity contribution in [1.82, 2.24) is 5.43 Å². The SMILES string of the molecule is CCCCCCC(=O)N/N=C/c1cccc(F)c1. The highest BCUT2D eigenvalue weighted by atomic mass is 19.1. The second-order valence-electron chi connectivity index (χ2n) is 4.16. The van der Waals surface area contributed by atoms with Crippen LogP contribution in [0.4, 0.5) is 4.39 Å². The second-order valence-corrected chi connectivity index (χ2v) is 4.16. The summed E-state index contributed by atoms with van der Waals surface area (Å²) in [5.74, 6) is -0.413. The largest absolute Gasteiger partial charge is 0.273 e. The molecular weight excluding hydrogens is 231 g/mol. The summed E-state index contributed by atoms with van der Waals surface area (Å²) in [5, 5.41) is 3.79. The van der Waals surface area contributed by atoms with Crippen LogP contribution in [-0.2, 0) is 4.79 Å². The molecule has 98 valence electrons. The first kappa shape index (κ1) is 14.4. The molecule has 0 saturated heterocycles. The van der Waals surface area contributed by atoms with Crippen LogP contribution in [0, 0.1) is 5.82 Å². The van der Waals surface area contributed by atoms with E-state index >= 15 is 0 Å². The van der Waals surface area contributed by atoms with Crippen LogP contribution in [0.3, 0.4) is 0 Å². The van der Waals surface area contributed by atoms with Crippen molar-refractivity contribution in [3.63, 3.8) is 0 Å². The smallest absolute Gasteiger partial charge is 0.240 e. The predicted molar refractivity (Wildman–Crippen MR) is 70.9 cm³/mol. The van der Waals surface area contributed by atoms with Crippen molar-refractivity contribution in [3.8, 4) is 0 Å². The molecule has 1 amide bonds. The van der Waals surface area contributed by atoms with Crippen molar-refractivity contribution >= 4 is 12.1 Å². The van der Waals surface area contributed by atoms with Gasteiger partial charge in [-0.3, -0.25) is 4.79 Å². The zero-order valence-corrected chi connectivity index (χ0v) is 10.7. The van der Waals surface area contributed by atoms with Gasteiger partial charge in [0.1, 0.15) is 5.82 Å². The van der Waals surface area contributed by atoms with Crippen molar-refractivity contribution in [2.75, 3.05) is 0 Å². The van der Waals surface area contributed by atoms with Gasteiger partial charge >= 0.3 is 0 Å². The number of nitrogens with zero attached hydrogens (tertiary/aromatic N) is 1. The van der Waals surface area contributed by atoms with Gasteiger partial charge < -0.3 is 0 Å². The number of benzene rings is 1. The van der Waals surface area contributed by atoms with Crippen LogP contribution in [0.25, 0.3) is 0 Å². The van der Waals surface area contributed by atoms with Gasteiger partial charge in [0.2, 0.25) is 5.91 Å². The lowest BCUT2D eigenvalue weighted by Gasteiger charge is -1.99. The number of hydrogen-bond acceptors (Lipinski definition) is 2. The summed E-state index contributed by atoms with van der Waals surface area (Å²) >= 11 is 0. The minimum absolute atomic E-state index is 0.0984. The zero-order valence-electron chi connectivity index (χ0n) is 10.7. The summed E-state index contributed by atoms with van der Waals surface area (Å²) < 4.78 is 12.8. The number of halogens is 1. The third-order valence-corrected chi connectivity index (χ3v) is 2.51. The van der Waals surface area contributed by atoms with Crippen molar-refractivity contribution in [2.45, 2.75) is 39.0 Å². The molecular formula is C14H19FN2O. The van der Waals surface area contributed by atoms with Crippen LogP contribution in [0.15, 0.2) is 29.4 Å². The Morgan fingerprint density at radius 1 is 1.39 bits per heavy atom. The van der Waals surface area contributed by atoms with Gasteiger partial charge in [-0.15, -0.1) is 0 Å². The van der Waals surface area contributed by atoms with Gasteiger partial charge in [-0.25, -0.2) is 9.82 Å². The molecule has 0 aliphatic heterocycles. The van der Waals surface area contributed by atoms with Crippen molar-refractivity contribution in [2.24, 2.45) is 5.10 Å². The summed E-state index contributed by atoms with van der Waals surface area (Å²) in [6.45, 7) is 2.13. The summed E-state index contributed by atoms with van der Waals surface area (Å²) in [7, 11) is 0. The van der Waals surface area contributed by atoms with Crippen LogP contribution >= 0.6 is 0 Å². The highest BCUT2D eigenvalue weighted by molar-refractivity contribution is 5.82. The number of hydrogen-bond donors (Lipinski definition) is 1. The third kappa shape index (κ3) is 6.13. The number of rotatable bonds is 7. The normalized spacial score (nSPS) is 10.8. The Morgan fingerprint density at radius 2 is 2.22 bits per heavy atom. The molecule has 0 radical (unpaired) electrons. The predicted octanol–water partition coefficient (Wildman–Crippen LogP) is 3.25. The Balaban J connectivity index is 2.25. The third-order valence-electron chi connectivity index (χ3n) is 2.51. The maximum absolute atomic E-state index is 12.8. The van der Waals surface area contributed by atoms with Crippen molar-refractivity contribution < 1.29 is 9.18 Å². The second kappa shape index (κ2) is 8.39. The van der Waals surface area contributed by atoms with Crippen LogP contribution in [0.2, 0.25) is 0 Å². The van der Waals surface area contributed by atoms with E-state index in [4.69, 9.17) is 0 Å². The lowest BCUT2D eigenvalue weighted by molar-refractivity contribution is -0.121. The number of carbonyl (C=O) groups is 1. The van der Waals surface area contributed by atoms with E-state index in [2.05, 4.69) is 17.5 Å². The number of amides is 1. The molecule has 0 aliphatic rings. The molecule has 0 bridgehead atoms. The highest BCUT2D eigenvalue weighted by Gasteiger charge is 1.98. The average Bonchev–Trinajstić information content (AvgIpc) is 2.35. The van der Waals surface area contributed by atoms with E-state index in [9.17, 15) is 9.18 Å². The topological polar surface area (TPSA) is 41.5 Å². The Bertz CT molecular complexity index is 405. The summed E-state index contributed by atoms with van der Waals surface area (Å²) in [4.78, 5) is 11.4. The van der Waals surface area contributed by atoms with Crippen molar-refractivity contribution in [3.05, 3.63) is 35.6 Å². The maximum Gasteiger partial charge on any atom is 0.240 e. The fourth-order valence-electron chi connectivity index (χ4n) is 1.53. The van der Waals surface area contributed by atoms with E-state index in [0.717, 1.165) is 25.7 Å². The number of nitrogens with one attached hydrogen (secondary N) is 1. The minimum Gasteiger partial charge on any atom is -0.273 e. The quantitative estimate of drug-likeness (QED) is 0.450. The first-order valence-electron chi connectivity index (χ1n) is 6.30. The molecule has 18 heavy (non-hydrogen) atoms. The first-order valence-corrected chi connectivity index (χ1v) is 6.30. The van der Waals surface area contributed by atoms with Gasteiger partial charge in [0.25, 0.3) is 0 Å². The lowest BCUT2D eigenvalue weighted by Crippen LogP contribution is -2.16. The molecule has 0 aromatic heterocycles. The summed E-state index contributed by atoms with van der Waals surface area (Å²) in [6, 6.07) is 6.05. The Kier molecular flexibility index (Phi) is 6.69. The molecule has 0 heterocycles. The fourth-order valence-corrected chi connectivity index (χ4v) is 1.53. The first-order chi connectivity index (χ1) is 8.72. The van der Waals surface area contributed by atoms with Gasteiger partial charge in [-0.2, -0.15) is 5.10 Å². The highest BCUT2D eigenvalue weighted by Crippen LogP contribution is 2.02. The number of carbonyl (C=O) groups excluding carboxylic acids is 1. The Labute approximate surface area is 107 Å². The van der Waals surface area contributed by atoms with Crippen molar-refractivity contribution in [1.29, 1.82) is 0 Å². The van der Waals surface area contributed by atoms with Gasteiger partial charge in [0.05, 0.1) is 6.21 Å². The van der Waals surface area contributed by atoms with Crippen LogP contribution in [-0.4, -0.2) is 12.1 Å². The van der Waals surface area contributed by atoms with Crippen LogP contribution in [0.5, 0.6) is 0 Å². The number of hydrazone groups is 1. The summed E-state index contributed by atoms with van der Waals surface area (Å²) in [5.41, 5.74) is 3.06. The summed E-state index contributed by atoms with van der Waals surface area (Å²) in [6.07, 6.45) is 6.18. The molecule has 0 spiro atoms. The molecule has 3 nitrogen and oxygen atoms in total. The van der Waals surface area contributed by atoms with Gasteiger partial charge in [0.15, 0.2) is 0 Å². The molecule has 0 atom stereocenters. The molecule has 0 saturated carbocycles. The van der Waals surface area contributed by atoms with E-state index in [1.165, 1.54) is 18.3 Å². The van der Waals surface area contributed by atoms with Crippen LogP contribution in [0.1, 0.15) is 44.6 Å². The number of unbranched alkanes of at least 4 members (excludes halogenated alkanes) is 3. The van der Waals surface area contributed by atoms with Gasteiger partial charge in [-0.05, 0) is 24.1 Å². The Morgan fingerprint density at radius 3 is 2.94 bits per heavy atom. The Hall–Kier alpha value is -1.71. The molecule has 4 heteroatoms. The van der Waals surface area contributed by atoms with Gasteiger partial charge in [0, 0.05) is 6.42 Å². The van der Waals surface area contributed by atoms with E-state index in [0.29, 0.717) is 12.0 Å². The van der Waals surface area contributed by atoms with E-state index in [-0.39, 0.29) is 11.7 Å². The maximum atomic E-state index is 12.8. The monoisotopic (exact) mass is 250 g/mol. The van der Waals surface area contributed by atoms with E-state index in [1.54, 1.807) is 12.1 Å². The average molecular weight is 250 g/mol. The molecule has 0 unspecified atom stereocenters.